The van der Waals surface area contributed by atoms with Crippen LogP contribution in [0.4, 0.5) is 10.8 Å². The van der Waals surface area contributed by atoms with Gasteiger partial charge in [0, 0.05) is 16.1 Å². The van der Waals surface area contributed by atoms with Crippen molar-refractivity contribution in [3.05, 3.63) is 89.7 Å². The Morgan fingerprint density at radius 2 is 1.71 bits per heavy atom. The third-order valence-electron chi connectivity index (χ3n) is 4.13. The molecule has 0 saturated heterocycles. The van der Waals surface area contributed by atoms with E-state index in [4.69, 9.17) is 9.40 Å². The van der Waals surface area contributed by atoms with Gasteiger partial charge in [-0.2, -0.15) is 0 Å². The second kappa shape index (κ2) is 8.54. The quantitative estimate of drug-likeness (QED) is 0.466. The molecule has 0 radical (unpaired) electrons. The van der Waals surface area contributed by atoms with Crippen LogP contribution in [-0.2, 0) is 17.8 Å². The molecule has 2 N–H and O–H groups in total. The number of benzene rings is 2. The topological polar surface area (TPSA) is 67.2 Å². The molecular weight excluding hydrogens is 370 g/mol. The van der Waals surface area contributed by atoms with Gasteiger partial charge in [0.15, 0.2) is 5.13 Å². The number of para-hydroxylation sites is 1. The molecule has 0 aliphatic heterocycles. The van der Waals surface area contributed by atoms with Crippen LogP contribution in [0.25, 0.3) is 11.3 Å². The summed E-state index contributed by atoms with van der Waals surface area (Å²) < 4.78 is 5.26. The van der Waals surface area contributed by atoms with Gasteiger partial charge in [-0.3, -0.25) is 4.79 Å². The first-order valence-electron chi connectivity index (χ1n) is 8.94. The van der Waals surface area contributed by atoms with Gasteiger partial charge < -0.3 is 15.1 Å². The number of carbonyl (C=O) groups is 1. The van der Waals surface area contributed by atoms with Gasteiger partial charge in [-0.1, -0.05) is 48.5 Å². The summed E-state index contributed by atoms with van der Waals surface area (Å²) in [5.74, 6) is 0.663. The molecule has 2 heterocycles. The van der Waals surface area contributed by atoms with Crippen molar-refractivity contribution in [2.75, 3.05) is 5.32 Å². The number of hydrogen-bond donors (Lipinski definition) is 2. The molecule has 140 valence electrons. The van der Waals surface area contributed by atoms with Crippen molar-refractivity contribution in [3.8, 4) is 11.3 Å². The Balaban J connectivity index is 1.54. The van der Waals surface area contributed by atoms with E-state index in [2.05, 4.69) is 10.6 Å². The van der Waals surface area contributed by atoms with Gasteiger partial charge in [-0.05, 0) is 24.3 Å². The van der Waals surface area contributed by atoms with Gasteiger partial charge in [-0.25, -0.2) is 4.98 Å². The zero-order valence-electron chi connectivity index (χ0n) is 15.1. The lowest BCUT2D eigenvalue weighted by atomic mass is 10.1. The predicted molar refractivity (Wildman–Crippen MR) is 112 cm³/mol. The SMILES string of the molecule is O=C(Cc1sc(Nc2ccccc2)nc1-c1ccccc1)NCc1ccco1. The molecule has 4 rings (SSSR count). The van der Waals surface area contributed by atoms with Crippen molar-refractivity contribution in [1.29, 1.82) is 0 Å². The van der Waals surface area contributed by atoms with Crippen LogP contribution < -0.4 is 10.6 Å². The number of rotatable bonds is 7. The van der Waals surface area contributed by atoms with Crippen LogP contribution in [0.3, 0.4) is 0 Å². The molecule has 2 aromatic heterocycles. The minimum Gasteiger partial charge on any atom is -0.467 e. The van der Waals surface area contributed by atoms with Gasteiger partial charge in [0.1, 0.15) is 5.76 Å². The third kappa shape index (κ3) is 4.47. The summed E-state index contributed by atoms with van der Waals surface area (Å²) in [6.45, 7) is 0.375. The van der Waals surface area contributed by atoms with Crippen molar-refractivity contribution in [2.45, 2.75) is 13.0 Å². The number of carbonyl (C=O) groups excluding carboxylic acids is 1. The molecular formula is C22H19N3O2S. The first-order valence-corrected chi connectivity index (χ1v) is 9.76. The van der Waals surface area contributed by atoms with Crippen LogP contribution in [-0.4, -0.2) is 10.9 Å². The summed E-state index contributed by atoms with van der Waals surface area (Å²) in [6.07, 6.45) is 1.86. The van der Waals surface area contributed by atoms with E-state index < -0.39 is 0 Å². The van der Waals surface area contributed by atoms with Crippen molar-refractivity contribution in [1.82, 2.24) is 10.3 Å². The van der Waals surface area contributed by atoms with Crippen LogP contribution in [0.2, 0.25) is 0 Å². The summed E-state index contributed by atoms with van der Waals surface area (Å²) in [5, 5.41) is 6.98. The van der Waals surface area contributed by atoms with Crippen molar-refractivity contribution in [3.63, 3.8) is 0 Å². The molecule has 4 aromatic rings. The number of nitrogens with zero attached hydrogens (tertiary/aromatic N) is 1. The molecule has 0 aliphatic carbocycles. The maximum Gasteiger partial charge on any atom is 0.225 e. The fraction of sp³-hybridized carbons (Fsp3) is 0.0909. The maximum absolute atomic E-state index is 12.5. The molecule has 28 heavy (non-hydrogen) atoms. The van der Waals surface area contributed by atoms with E-state index in [1.165, 1.54) is 11.3 Å². The van der Waals surface area contributed by atoms with E-state index in [1.54, 1.807) is 12.3 Å². The molecule has 0 bridgehead atoms. The van der Waals surface area contributed by atoms with Crippen molar-refractivity contribution < 1.29 is 9.21 Å². The molecule has 0 unspecified atom stereocenters. The summed E-state index contributed by atoms with van der Waals surface area (Å²) in [4.78, 5) is 18.1. The standard InChI is InChI=1S/C22H19N3O2S/c26-20(23-15-18-12-7-13-27-18)14-19-21(16-8-3-1-4-9-16)25-22(28-19)24-17-10-5-2-6-11-17/h1-13H,14-15H2,(H,23,26)(H,24,25). The number of aromatic nitrogens is 1. The number of hydrogen-bond acceptors (Lipinski definition) is 5. The number of thiazole rings is 1. The number of furan rings is 1. The van der Waals surface area contributed by atoms with Gasteiger partial charge in [0.2, 0.25) is 5.91 Å². The monoisotopic (exact) mass is 389 g/mol. The molecule has 0 saturated carbocycles. The van der Waals surface area contributed by atoms with Gasteiger partial charge >= 0.3 is 0 Å². The summed E-state index contributed by atoms with van der Waals surface area (Å²) in [5.41, 5.74) is 2.79. The Bertz CT molecular complexity index is 1030. The summed E-state index contributed by atoms with van der Waals surface area (Å²) in [6, 6.07) is 23.4. The first-order chi connectivity index (χ1) is 13.8. The van der Waals surface area contributed by atoms with Crippen LogP contribution in [0.15, 0.2) is 83.5 Å². The average molecular weight is 389 g/mol. The van der Waals surface area contributed by atoms with E-state index in [-0.39, 0.29) is 12.3 Å². The van der Waals surface area contributed by atoms with Crippen LogP contribution in [0.5, 0.6) is 0 Å². The van der Waals surface area contributed by atoms with E-state index >= 15 is 0 Å². The highest BCUT2D eigenvalue weighted by molar-refractivity contribution is 7.16. The van der Waals surface area contributed by atoms with E-state index in [1.807, 2.05) is 66.7 Å². The Morgan fingerprint density at radius 3 is 2.43 bits per heavy atom. The van der Waals surface area contributed by atoms with Crippen molar-refractivity contribution >= 4 is 28.1 Å². The lowest BCUT2D eigenvalue weighted by Crippen LogP contribution is -2.24. The molecule has 0 fully saturated rings. The maximum atomic E-state index is 12.5. The Morgan fingerprint density at radius 1 is 0.964 bits per heavy atom. The Hall–Kier alpha value is -3.38. The average Bonchev–Trinajstić information content (AvgIpc) is 3.38. The molecule has 0 atom stereocenters. The predicted octanol–water partition coefficient (Wildman–Crippen LogP) is 5.01. The van der Waals surface area contributed by atoms with E-state index in [0.29, 0.717) is 6.54 Å². The molecule has 0 spiro atoms. The molecule has 1 amide bonds. The van der Waals surface area contributed by atoms with Crippen LogP contribution >= 0.6 is 11.3 Å². The normalized spacial score (nSPS) is 10.6. The first kappa shape index (κ1) is 18.0. The fourth-order valence-corrected chi connectivity index (χ4v) is 3.80. The highest BCUT2D eigenvalue weighted by atomic mass is 32.1. The number of nitrogens with one attached hydrogen (secondary N) is 2. The van der Waals surface area contributed by atoms with E-state index in [9.17, 15) is 4.79 Å². The van der Waals surface area contributed by atoms with Crippen LogP contribution in [0.1, 0.15) is 10.6 Å². The Labute approximate surface area is 167 Å². The third-order valence-corrected chi connectivity index (χ3v) is 5.10. The molecule has 0 aliphatic rings. The number of amides is 1. The largest absolute Gasteiger partial charge is 0.467 e. The van der Waals surface area contributed by atoms with E-state index in [0.717, 1.165) is 32.7 Å². The van der Waals surface area contributed by atoms with Crippen molar-refractivity contribution in [2.24, 2.45) is 0 Å². The number of anilines is 2. The lowest BCUT2D eigenvalue weighted by molar-refractivity contribution is -0.120. The summed E-state index contributed by atoms with van der Waals surface area (Å²) in [7, 11) is 0. The minimum atomic E-state index is -0.0662. The second-order valence-corrected chi connectivity index (χ2v) is 7.26. The van der Waals surface area contributed by atoms with Gasteiger partial charge in [0.25, 0.3) is 0 Å². The molecule has 5 nitrogen and oxygen atoms in total. The zero-order chi connectivity index (χ0) is 19.2. The second-order valence-electron chi connectivity index (χ2n) is 6.18. The molecule has 2 aromatic carbocycles. The Kier molecular flexibility index (Phi) is 5.49. The smallest absolute Gasteiger partial charge is 0.225 e. The minimum absolute atomic E-state index is 0.0662. The van der Waals surface area contributed by atoms with Gasteiger partial charge in [-0.15, -0.1) is 11.3 Å². The highest BCUT2D eigenvalue weighted by Gasteiger charge is 2.16. The summed E-state index contributed by atoms with van der Waals surface area (Å²) >= 11 is 1.49. The fourth-order valence-electron chi connectivity index (χ4n) is 2.80. The molecule has 6 heteroatoms. The van der Waals surface area contributed by atoms with Gasteiger partial charge in [0.05, 0.1) is 24.9 Å². The zero-order valence-corrected chi connectivity index (χ0v) is 15.9. The lowest BCUT2D eigenvalue weighted by Gasteiger charge is -2.04. The van der Waals surface area contributed by atoms with Crippen LogP contribution in [0, 0.1) is 0 Å². The highest BCUT2D eigenvalue weighted by Crippen LogP contribution is 2.33.